The van der Waals surface area contributed by atoms with Crippen LogP contribution in [0, 0.1) is 0 Å². The number of aromatic nitrogens is 4. The molecule has 3 N–H and O–H groups in total. The number of hydrogen-bond donors (Lipinski definition) is 3. The number of halogens is 1. The molecule has 1 aromatic carbocycles. The lowest BCUT2D eigenvalue weighted by Crippen LogP contribution is -2.31. The number of fused-ring (bicyclic) bond motifs is 1. The van der Waals surface area contributed by atoms with E-state index in [1.54, 1.807) is 28.8 Å². The first-order valence-corrected chi connectivity index (χ1v) is 9.79. The highest BCUT2D eigenvalue weighted by Crippen LogP contribution is 2.23. The lowest BCUT2D eigenvalue weighted by molar-refractivity contribution is 0.0939. The fourth-order valence-electron chi connectivity index (χ4n) is 2.94. The molecule has 2 aromatic heterocycles. The maximum Gasteiger partial charge on any atom is 0.329 e. The number of nitrogens with zero attached hydrogens (tertiary/aromatic N) is 3. The van der Waals surface area contributed by atoms with Gasteiger partial charge in [0.15, 0.2) is 11.2 Å². The highest BCUT2D eigenvalue weighted by atomic mass is 35.5. The fourth-order valence-corrected chi connectivity index (χ4v) is 3.13. The van der Waals surface area contributed by atoms with Gasteiger partial charge in [0.1, 0.15) is 18.5 Å². The number of anilines is 1. The number of aromatic amines is 1. The van der Waals surface area contributed by atoms with Crippen LogP contribution in [0.5, 0.6) is 5.75 Å². The van der Waals surface area contributed by atoms with Crippen molar-refractivity contribution in [2.24, 2.45) is 7.05 Å². The van der Waals surface area contributed by atoms with E-state index >= 15 is 0 Å². The Bertz CT molecular complexity index is 1100. The number of rotatable bonds is 9. The van der Waals surface area contributed by atoms with Crippen molar-refractivity contribution in [2.75, 3.05) is 18.5 Å². The molecule has 1 atom stereocenters. The topological polar surface area (TPSA) is 114 Å². The lowest BCUT2D eigenvalue weighted by Gasteiger charge is -2.16. The van der Waals surface area contributed by atoms with E-state index in [9.17, 15) is 14.7 Å². The number of hydrogen-bond acceptors (Lipinski definition) is 6. The Balaban J connectivity index is 1.88. The van der Waals surface area contributed by atoms with Crippen LogP contribution in [0.2, 0.25) is 5.02 Å². The second kappa shape index (κ2) is 9.15. The van der Waals surface area contributed by atoms with Crippen molar-refractivity contribution >= 4 is 28.7 Å². The molecule has 9 nitrogen and oxygen atoms in total. The van der Waals surface area contributed by atoms with Gasteiger partial charge in [0, 0.05) is 13.6 Å². The van der Waals surface area contributed by atoms with Crippen LogP contribution in [0.15, 0.2) is 33.9 Å². The third kappa shape index (κ3) is 4.63. The molecular weight excluding hydrogens is 398 g/mol. The summed E-state index contributed by atoms with van der Waals surface area (Å²) in [4.78, 5) is 31.0. The highest BCUT2D eigenvalue weighted by molar-refractivity contribution is 6.32. The largest absolute Gasteiger partial charge is 0.489 e. The molecule has 0 fully saturated rings. The predicted octanol–water partition coefficient (Wildman–Crippen LogP) is 1.73. The molecule has 3 rings (SSSR count). The van der Waals surface area contributed by atoms with Gasteiger partial charge in [0.25, 0.3) is 5.56 Å². The van der Waals surface area contributed by atoms with Gasteiger partial charge in [-0.05, 0) is 18.6 Å². The van der Waals surface area contributed by atoms with Gasteiger partial charge in [-0.25, -0.2) is 4.79 Å². The summed E-state index contributed by atoms with van der Waals surface area (Å²) in [5, 5.41) is 14.1. The molecule has 0 aliphatic heterocycles. The Kier molecular flexibility index (Phi) is 6.60. The van der Waals surface area contributed by atoms with Crippen molar-refractivity contribution in [1.82, 2.24) is 19.1 Å². The van der Waals surface area contributed by atoms with E-state index in [-0.39, 0.29) is 24.3 Å². The molecule has 0 bridgehead atoms. The van der Waals surface area contributed by atoms with Gasteiger partial charge in [0.2, 0.25) is 5.95 Å². The van der Waals surface area contributed by atoms with Crippen LogP contribution in [0.25, 0.3) is 11.2 Å². The van der Waals surface area contributed by atoms with Crippen LogP contribution in [0.3, 0.4) is 0 Å². The smallest absolute Gasteiger partial charge is 0.329 e. The number of aryl methyl sites for hydroxylation is 1. The molecule has 0 spiro atoms. The number of para-hydroxylation sites is 1. The van der Waals surface area contributed by atoms with Crippen molar-refractivity contribution in [3.63, 3.8) is 0 Å². The molecule has 0 aliphatic carbocycles. The summed E-state index contributed by atoms with van der Waals surface area (Å²) >= 11 is 6.07. The number of unbranched alkanes of at least 4 members (excludes halogenated alkanes) is 1. The first-order chi connectivity index (χ1) is 13.9. The average molecular weight is 422 g/mol. The zero-order chi connectivity index (χ0) is 21.0. The van der Waals surface area contributed by atoms with E-state index in [0.717, 1.165) is 12.8 Å². The van der Waals surface area contributed by atoms with E-state index < -0.39 is 17.4 Å². The fraction of sp³-hybridized carbons (Fsp3) is 0.421. The summed E-state index contributed by atoms with van der Waals surface area (Å²) in [7, 11) is 1.53. The number of benzene rings is 1. The molecule has 0 amide bonds. The Morgan fingerprint density at radius 1 is 1.34 bits per heavy atom. The number of nitrogens with one attached hydrogen (secondary N) is 2. The van der Waals surface area contributed by atoms with Crippen molar-refractivity contribution in [3.8, 4) is 5.75 Å². The van der Waals surface area contributed by atoms with Gasteiger partial charge in [-0.1, -0.05) is 37.1 Å². The van der Waals surface area contributed by atoms with E-state index in [1.165, 1.54) is 11.6 Å². The molecule has 0 radical (unpaired) electrons. The Labute approximate surface area is 171 Å². The van der Waals surface area contributed by atoms with Crippen molar-refractivity contribution in [2.45, 2.75) is 32.4 Å². The minimum absolute atomic E-state index is 0.0263. The molecule has 1 unspecified atom stereocenters. The molecule has 10 heteroatoms. The summed E-state index contributed by atoms with van der Waals surface area (Å²) in [6, 6.07) is 6.98. The van der Waals surface area contributed by atoms with Gasteiger partial charge in [-0.3, -0.25) is 14.3 Å². The zero-order valence-electron chi connectivity index (χ0n) is 16.3. The highest BCUT2D eigenvalue weighted by Gasteiger charge is 2.20. The molecular formula is C19H24ClN5O4. The van der Waals surface area contributed by atoms with Crippen LogP contribution < -0.4 is 21.3 Å². The summed E-state index contributed by atoms with van der Waals surface area (Å²) in [5.74, 6) is 0.877. The monoisotopic (exact) mass is 421 g/mol. The van der Waals surface area contributed by atoms with Crippen molar-refractivity contribution < 1.29 is 9.84 Å². The third-order valence-corrected chi connectivity index (χ3v) is 4.79. The number of aliphatic hydroxyl groups excluding tert-OH is 1. The second-order valence-electron chi connectivity index (χ2n) is 6.71. The lowest BCUT2D eigenvalue weighted by atomic mass is 10.3. The van der Waals surface area contributed by atoms with Crippen LogP contribution in [0.1, 0.15) is 19.8 Å². The van der Waals surface area contributed by atoms with Crippen LogP contribution >= 0.6 is 11.6 Å². The standard InChI is InChI=1S/C19H24ClN5O4/c1-3-4-9-21-18-22-16-15(17(27)23-19(28)24(16)2)25(18)10-12(26)11-29-14-8-6-5-7-13(14)20/h5-8,12,26H,3-4,9-11H2,1-2H3,(H,21,22)(H,23,27,28). The SMILES string of the molecule is CCCCNc1nc2c(c(=O)[nH]c(=O)n2C)n1CC(O)COc1ccccc1Cl. The summed E-state index contributed by atoms with van der Waals surface area (Å²) in [5.41, 5.74) is -0.645. The zero-order valence-corrected chi connectivity index (χ0v) is 17.1. The molecule has 2 heterocycles. The summed E-state index contributed by atoms with van der Waals surface area (Å²) in [6.07, 6.45) is 0.962. The Hall–Kier alpha value is -2.78. The molecule has 0 saturated heterocycles. The minimum Gasteiger partial charge on any atom is -0.489 e. The second-order valence-corrected chi connectivity index (χ2v) is 7.12. The van der Waals surface area contributed by atoms with E-state index in [4.69, 9.17) is 16.3 Å². The van der Waals surface area contributed by atoms with Gasteiger partial charge < -0.3 is 19.7 Å². The van der Waals surface area contributed by atoms with Gasteiger partial charge in [0.05, 0.1) is 11.6 Å². The minimum atomic E-state index is -0.938. The number of aliphatic hydroxyl groups is 1. The normalized spacial score (nSPS) is 12.3. The summed E-state index contributed by atoms with van der Waals surface area (Å²) in [6.45, 7) is 2.74. The molecule has 0 aliphatic rings. The Morgan fingerprint density at radius 3 is 2.83 bits per heavy atom. The third-order valence-electron chi connectivity index (χ3n) is 4.48. The molecule has 3 aromatic rings. The molecule has 29 heavy (non-hydrogen) atoms. The first-order valence-electron chi connectivity index (χ1n) is 9.41. The van der Waals surface area contributed by atoms with Crippen LogP contribution in [-0.2, 0) is 13.6 Å². The van der Waals surface area contributed by atoms with Gasteiger partial charge >= 0.3 is 5.69 Å². The van der Waals surface area contributed by atoms with Crippen molar-refractivity contribution in [3.05, 3.63) is 50.1 Å². The van der Waals surface area contributed by atoms with E-state index in [0.29, 0.717) is 23.3 Å². The predicted molar refractivity (Wildman–Crippen MR) is 112 cm³/mol. The maximum absolute atomic E-state index is 12.4. The average Bonchev–Trinajstić information content (AvgIpc) is 3.04. The number of H-pyrrole nitrogens is 1. The molecule has 156 valence electrons. The Morgan fingerprint density at radius 2 is 2.10 bits per heavy atom. The van der Waals surface area contributed by atoms with Crippen molar-refractivity contribution in [1.29, 1.82) is 0 Å². The van der Waals surface area contributed by atoms with Gasteiger partial charge in [-0.15, -0.1) is 0 Å². The van der Waals surface area contributed by atoms with Crippen LogP contribution in [0.4, 0.5) is 5.95 Å². The quantitative estimate of drug-likeness (QED) is 0.453. The first kappa shape index (κ1) is 20.9. The summed E-state index contributed by atoms with van der Waals surface area (Å²) < 4.78 is 8.44. The van der Waals surface area contributed by atoms with Crippen LogP contribution in [-0.4, -0.2) is 43.5 Å². The maximum atomic E-state index is 12.4. The number of ether oxygens (including phenoxy) is 1. The van der Waals surface area contributed by atoms with Gasteiger partial charge in [-0.2, -0.15) is 4.98 Å². The van der Waals surface area contributed by atoms with E-state index in [2.05, 4.69) is 22.2 Å². The van der Waals surface area contributed by atoms with E-state index in [1.807, 2.05) is 0 Å². The number of imidazole rings is 1. The molecule has 0 saturated carbocycles.